The van der Waals surface area contributed by atoms with Gasteiger partial charge >= 0.3 is 0 Å². The number of ether oxygens (including phenoxy) is 2. The van der Waals surface area contributed by atoms with Gasteiger partial charge in [0.2, 0.25) is 0 Å². The molecule has 0 spiro atoms. The monoisotopic (exact) mass is 274 g/mol. The summed E-state index contributed by atoms with van der Waals surface area (Å²) in [5.41, 5.74) is 1.81. The SMILES string of the molecule is COc1ccc(C2Cc3sccc3C2=O)c(OC)c1. The van der Waals surface area contributed by atoms with Crippen LogP contribution in [0, 0.1) is 0 Å². The fraction of sp³-hybridized carbons (Fsp3) is 0.267. The summed E-state index contributed by atoms with van der Waals surface area (Å²) in [4.78, 5) is 13.6. The van der Waals surface area contributed by atoms with Crippen molar-refractivity contribution < 1.29 is 14.3 Å². The Bertz CT molecular complexity index is 630. The van der Waals surface area contributed by atoms with E-state index in [0.29, 0.717) is 5.75 Å². The Labute approximate surface area is 115 Å². The van der Waals surface area contributed by atoms with E-state index in [1.807, 2.05) is 29.6 Å². The van der Waals surface area contributed by atoms with Crippen LogP contribution < -0.4 is 9.47 Å². The number of rotatable bonds is 3. The third kappa shape index (κ3) is 1.92. The third-order valence-corrected chi connectivity index (χ3v) is 4.48. The summed E-state index contributed by atoms with van der Waals surface area (Å²) in [6.45, 7) is 0. The normalized spacial score (nSPS) is 17.4. The van der Waals surface area contributed by atoms with Gasteiger partial charge in [-0.1, -0.05) is 6.07 Å². The van der Waals surface area contributed by atoms with E-state index in [0.717, 1.165) is 23.3 Å². The lowest BCUT2D eigenvalue weighted by molar-refractivity contribution is 0.0971. The lowest BCUT2D eigenvalue weighted by atomic mass is 9.94. The topological polar surface area (TPSA) is 35.5 Å². The molecule has 0 saturated heterocycles. The van der Waals surface area contributed by atoms with Crippen LogP contribution in [0.3, 0.4) is 0 Å². The van der Waals surface area contributed by atoms with Gasteiger partial charge in [-0.05, 0) is 23.9 Å². The van der Waals surface area contributed by atoms with Crippen molar-refractivity contribution in [2.24, 2.45) is 0 Å². The van der Waals surface area contributed by atoms with Crippen molar-refractivity contribution >= 4 is 17.1 Å². The van der Waals surface area contributed by atoms with Crippen LogP contribution in [0.2, 0.25) is 0 Å². The van der Waals surface area contributed by atoms with Gasteiger partial charge < -0.3 is 9.47 Å². The lowest BCUT2D eigenvalue weighted by Crippen LogP contribution is -2.08. The molecular weight excluding hydrogens is 260 g/mol. The number of carbonyl (C=O) groups excluding carboxylic acids is 1. The number of fused-ring (bicyclic) bond motifs is 1. The maximum Gasteiger partial charge on any atom is 0.171 e. The van der Waals surface area contributed by atoms with Gasteiger partial charge in [-0.3, -0.25) is 4.79 Å². The Morgan fingerprint density at radius 1 is 1.21 bits per heavy atom. The smallest absolute Gasteiger partial charge is 0.171 e. The number of carbonyl (C=O) groups is 1. The molecule has 1 aliphatic rings. The predicted molar refractivity (Wildman–Crippen MR) is 74.6 cm³/mol. The van der Waals surface area contributed by atoms with Gasteiger partial charge in [-0.15, -0.1) is 11.3 Å². The predicted octanol–water partition coefficient (Wildman–Crippen LogP) is 3.29. The molecule has 3 rings (SSSR count). The first-order valence-electron chi connectivity index (χ1n) is 6.07. The molecule has 0 saturated carbocycles. The van der Waals surface area contributed by atoms with Crippen molar-refractivity contribution in [1.29, 1.82) is 0 Å². The average molecular weight is 274 g/mol. The molecule has 0 aliphatic heterocycles. The van der Waals surface area contributed by atoms with E-state index in [1.165, 1.54) is 4.88 Å². The van der Waals surface area contributed by atoms with Crippen LogP contribution in [0.5, 0.6) is 11.5 Å². The molecule has 0 radical (unpaired) electrons. The van der Waals surface area contributed by atoms with Crippen LogP contribution >= 0.6 is 11.3 Å². The quantitative estimate of drug-likeness (QED) is 0.861. The maximum absolute atomic E-state index is 12.4. The molecule has 2 aromatic rings. The van der Waals surface area contributed by atoms with Crippen molar-refractivity contribution in [2.45, 2.75) is 12.3 Å². The zero-order valence-electron chi connectivity index (χ0n) is 10.8. The Kier molecular flexibility index (Phi) is 3.03. The van der Waals surface area contributed by atoms with Crippen molar-refractivity contribution in [1.82, 2.24) is 0 Å². The second-order valence-corrected chi connectivity index (χ2v) is 5.49. The summed E-state index contributed by atoms with van der Waals surface area (Å²) >= 11 is 1.65. The minimum Gasteiger partial charge on any atom is -0.497 e. The van der Waals surface area contributed by atoms with Crippen molar-refractivity contribution in [3.05, 3.63) is 45.6 Å². The van der Waals surface area contributed by atoms with E-state index in [4.69, 9.17) is 9.47 Å². The second kappa shape index (κ2) is 4.70. The van der Waals surface area contributed by atoms with Crippen LogP contribution in [-0.2, 0) is 6.42 Å². The molecule has 0 fully saturated rings. The first-order valence-corrected chi connectivity index (χ1v) is 6.95. The molecule has 1 unspecified atom stereocenters. The zero-order chi connectivity index (χ0) is 13.4. The molecule has 1 heterocycles. The molecule has 1 atom stereocenters. The molecule has 1 aromatic heterocycles. The van der Waals surface area contributed by atoms with Gasteiger partial charge in [0.05, 0.1) is 20.1 Å². The van der Waals surface area contributed by atoms with E-state index < -0.39 is 0 Å². The summed E-state index contributed by atoms with van der Waals surface area (Å²) in [5, 5.41) is 1.98. The minimum absolute atomic E-state index is 0.122. The van der Waals surface area contributed by atoms with Crippen LogP contribution in [0.4, 0.5) is 0 Å². The highest BCUT2D eigenvalue weighted by Gasteiger charge is 2.34. The standard InChI is InChI=1S/C15H14O3S/c1-17-9-3-4-10(13(7-9)18-2)12-8-14-11(15(12)16)5-6-19-14/h3-7,12H,8H2,1-2H3. The second-order valence-electron chi connectivity index (χ2n) is 4.49. The molecule has 0 bridgehead atoms. The summed E-state index contributed by atoms with van der Waals surface area (Å²) < 4.78 is 10.6. The fourth-order valence-corrected chi connectivity index (χ4v) is 3.47. The molecular formula is C15H14O3S. The van der Waals surface area contributed by atoms with Crippen molar-refractivity contribution in [3.63, 3.8) is 0 Å². The van der Waals surface area contributed by atoms with Gasteiger partial charge in [0.15, 0.2) is 5.78 Å². The highest BCUT2D eigenvalue weighted by molar-refractivity contribution is 7.10. The molecule has 0 amide bonds. The minimum atomic E-state index is -0.122. The number of benzene rings is 1. The van der Waals surface area contributed by atoms with Crippen LogP contribution in [-0.4, -0.2) is 20.0 Å². The molecule has 3 nitrogen and oxygen atoms in total. The number of hydrogen-bond acceptors (Lipinski definition) is 4. The summed E-state index contributed by atoms with van der Waals surface area (Å²) in [7, 11) is 3.24. The first-order chi connectivity index (χ1) is 9.24. The Balaban J connectivity index is 2.00. The van der Waals surface area contributed by atoms with E-state index in [-0.39, 0.29) is 11.7 Å². The lowest BCUT2D eigenvalue weighted by Gasteiger charge is -2.14. The summed E-state index contributed by atoms with van der Waals surface area (Å²) in [6, 6.07) is 7.54. The average Bonchev–Trinajstić information content (AvgIpc) is 3.01. The van der Waals surface area contributed by atoms with E-state index in [2.05, 4.69) is 0 Å². The van der Waals surface area contributed by atoms with Gasteiger partial charge in [0.1, 0.15) is 11.5 Å². The van der Waals surface area contributed by atoms with E-state index in [1.54, 1.807) is 25.6 Å². The summed E-state index contributed by atoms with van der Waals surface area (Å²) in [6.07, 6.45) is 0.772. The third-order valence-electron chi connectivity index (χ3n) is 3.53. The van der Waals surface area contributed by atoms with Gasteiger partial charge in [0, 0.05) is 22.1 Å². The largest absolute Gasteiger partial charge is 0.497 e. The zero-order valence-corrected chi connectivity index (χ0v) is 11.6. The van der Waals surface area contributed by atoms with Crippen LogP contribution in [0.15, 0.2) is 29.6 Å². The van der Waals surface area contributed by atoms with Gasteiger partial charge in [-0.2, -0.15) is 0 Å². The number of ketones is 1. The maximum atomic E-state index is 12.4. The number of methoxy groups -OCH3 is 2. The van der Waals surface area contributed by atoms with E-state index >= 15 is 0 Å². The molecule has 98 valence electrons. The Hall–Kier alpha value is -1.81. The first kappa shape index (κ1) is 12.2. The van der Waals surface area contributed by atoms with Gasteiger partial charge in [-0.25, -0.2) is 0 Å². The van der Waals surface area contributed by atoms with Crippen LogP contribution in [0.25, 0.3) is 0 Å². The van der Waals surface area contributed by atoms with Crippen molar-refractivity contribution in [3.8, 4) is 11.5 Å². The fourth-order valence-electron chi connectivity index (χ4n) is 2.54. The summed E-state index contributed by atoms with van der Waals surface area (Å²) in [5.74, 6) is 1.52. The Morgan fingerprint density at radius 3 is 2.74 bits per heavy atom. The van der Waals surface area contributed by atoms with E-state index in [9.17, 15) is 4.79 Å². The number of thiophene rings is 1. The molecule has 19 heavy (non-hydrogen) atoms. The molecule has 1 aromatic carbocycles. The van der Waals surface area contributed by atoms with Crippen molar-refractivity contribution in [2.75, 3.05) is 14.2 Å². The Morgan fingerprint density at radius 2 is 2.05 bits per heavy atom. The highest BCUT2D eigenvalue weighted by atomic mass is 32.1. The van der Waals surface area contributed by atoms with Crippen LogP contribution in [0.1, 0.15) is 26.7 Å². The number of Topliss-reactive ketones (excluding diaryl/α,β-unsaturated/α-hetero) is 1. The molecule has 1 aliphatic carbocycles. The van der Waals surface area contributed by atoms with Gasteiger partial charge in [0.25, 0.3) is 0 Å². The number of hydrogen-bond donors (Lipinski definition) is 0. The molecule has 4 heteroatoms. The highest BCUT2D eigenvalue weighted by Crippen LogP contribution is 2.41. The molecule has 0 N–H and O–H groups in total.